The zero-order chi connectivity index (χ0) is 21.5. The molecule has 0 saturated carbocycles. The van der Waals surface area contributed by atoms with Crippen LogP contribution in [0.3, 0.4) is 0 Å². The van der Waals surface area contributed by atoms with Crippen molar-refractivity contribution in [1.82, 2.24) is 20.2 Å². The van der Waals surface area contributed by atoms with Crippen LogP contribution in [0.5, 0.6) is 11.5 Å². The lowest BCUT2D eigenvalue weighted by Crippen LogP contribution is -2.12. The van der Waals surface area contributed by atoms with Gasteiger partial charge in [-0.3, -0.25) is 0 Å². The molecule has 0 fully saturated rings. The van der Waals surface area contributed by atoms with E-state index in [1.165, 1.54) is 10.2 Å². The van der Waals surface area contributed by atoms with Gasteiger partial charge in [0.15, 0.2) is 0 Å². The first kappa shape index (κ1) is 21.0. The average molecular weight is 408 g/mol. The first-order valence-electron chi connectivity index (χ1n) is 9.53. The minimum atomic E-state index is -1.16. The Kier molecular flexibility index (Phi) is 6.79. The molecule has 0 bridgehead atoms. The van der Waals surface area contributed by atoms with Gasteiger partial charge in [-0.15, -0.1) is 5.10 Å². The molecule has 3 rings (SSSR count). The molecule has 0 aliphatic rings. The molecule has 30 heavy (non-hydrogen) atoms. The second-order valence-electron chi connectivity index (χ2n) is 6.98. The van der Waals surface area contributed by atoms with Crippen molar-refractivity contribution in [2.24, 2.45) is 0 Å². The molecule has 2 aromatic carbocycles. The van der Waals surface area contributed by atoms with Crippen LogP contribution in [0.1, 0.15) is 47.1 Å². The lowest BCUT2D eigenvalue weighted by Gasteiger charge is -2.10. The second kappa shape index (κ2) is 9.69. The average Bonchev–Trinajstić information content (AvgIpc) is 3.20. The largest absolute Gasteiger partial charge is 0.496 e. The van der Waals surface area contributed by atoms with Crippen molar-refractivity contribution in [2.45, 2.75) is 26.3 Å². The molecule has 8 heteroatoms. The third kappa shape index (κ3) is 5.22. The molecule has 3 aromatic rings. The first-order valence-corrected chi connectivity index (χ1v) is 9.53. The summed E-state index contributed by atoms with van der Waals surface area (Å²) in [6.07, 6.45) is 3.93. The summed E-state index contributed by atoms with van der Waals surface area (Å²) >= 11 is 0. The second-order valence-corrected chi connectivity index (χ2v) is 6.98. The van der Waals surface area contributed by atoms with Gasteiger partial charge in [0.1, 0.15) is 18.1 Å². The van der Waals surface area contributed by atoms with E-state index in [0.29, 0.717) is 18.3 Å². The van der Waals surface area contributed by atoms with Crippen LogP contribution in [0.4, 0.5) is 0 Å². The van der Waals surface area contributed by atoms with Gasteiger partial charge < -0.3 is 14.6 Å². The summed E-state index contributed by atoms with van der Waals surface area (Å²) in [4.78, 5) is 11.1. The number of tetrazole rings is 1. The van der Waals surface area contributed by atoms with Gasteiger partial charge in [-0.1, -0.05) is 38.1 Å². The van der Waals surface area contributed by atoms with Crippen LogP contribution in [-0.2, 0) is 6.54 Å². The van der Waals surface area contributed by atoms with Gasteiger partial charge in [0, 0.05) is 5.56 Å². The van der Waals surface area contributed by atoms with Crippen molar-refractivity contribution < 1.29 is 19.4 Å². The highest BCUT2D eigenvalue weighted by molar-refractivity contribution is 5.83. The van der Waals surface area contributed by atoms with E-state index in [0.717, 1.165) is 16.9 Å². The smallest absolute Gasteiger partial charge is 0.375 e. The molecule has 0 unspecified atom stereocenters. The highest BCUT2D eigenvalue weighted by Crippen LogP contribution is 2.25. The molecule has 0 saturated heterocycles. The van der Waals surface area contributed by atoms with Crippen LogP contribution < -0.4 is 9.47 Å². The highest BCUT2D eigenvalue weighted by Gasteiger charge is 2.13. The number of aromatic nitrogens is 4. The third-order valence-corrected chi connectivity index (χ3v) is 4.54. The van der Waals surface area contributed by atoms with E-state index in [-0.39, 0.29) is 12.4 Å². The molecule has 8 nitrogen and oxygen atoms in total. The first-order chi connectivity index (χ1) is 14.5. The van der Waals surface area contributed by atoms with Crippen LogP contribution in [-0.4, -0.2) is 45.0 Å². The van der Waals surface area contributed by atoms with Gasteiger partial charge >= 0.3 is 5.97 Å². The van der Waals surface area contributed by atoms with Gasteiger partial charge in [0.2, 0.25) is 0 Å². The van der Waals surface area contributed by atoms with E-state index in [4.69, 9.17) is 14.6 Å². The highest BCUT2D eigenvalue weighted by atomic mass is 16.5. The van der Waals surface area contributed by atoms with Crippen molar-refractivity contribution in [2.75, 3.05) is 13.7 Å². The molecule has 1 N–H and O–H groups in total. The van der Waals surface area contributed by atoms with Gasteiger partial charge in [-0.25, -0.2) is 9.48 Å². The number of ether oxygens (including phenoxy) is 2. The van der Waals surface area contributed by atoms with Crippen LogP contribution in [0.15, 0.2) is 48.5 Å². The number of hydrogen-bond donors (Lipinski definition) is 1. The van der Waals surface area contributed by atoms with Gasteiger partial charge in [-0.2, -0.15) is 0 Å². The monoisotopic (exact) mass is 408 g/mol. The molecule has 0 atom stereocenters. The fraction of sp³-hybridized carbons (Fsp3) is 0.273. The van der Waals surface area contributed by atoms with Crippen molar-refractivity contribution in [1.29, 1.82) is 0 Å². The number of nitrogens with zero attached hydrogens (tertiary/aromatic N) is 4. The van der Waals surface area contributed by atoms with Crippen molar-refractivity contribution in [3.63, 3.8) is 0 Å². The topological polar surface area (TPSA) is 99.4 Å². The van der Waals surface area contributed by atoms with E-state index in [1.54, 1.807) is 7.11 Å². The Morgan fingerprint density at radius 1 is 1.20 bits per heavy atom. The zero-order valence-corrected chi connectivity index (χ0v) is 17.1. The van der Waals surface area contributed by atoms with E-state index in [2.05, 4.69) is 41.5 Å². The summed E-state index contributed by atoms with van der Waals surface area (Å²) in [5.41, 5.74) is 3.13. The molecule has 0 aliphatic carbocycles. The Morgan fingerprint density at radius 3 is 2.63 bits per heavy atom. The SMILES string of the molecule is COc1ccc(C(C)C)cc1/C=C/COc1ccc(Cn2nnnc2C(=O)O)cc1. The number of hydrogen-bond acceptors (Lipinski definition) is 6. The van der Waals surface area contributed by atoms with Crippen LogP contribution in [0, 0.1) is 0 Å². The fourth-order valence-electron chi connectivity index (χ4n) is 2.89. The molecule has 0 aliphatic heterocycles. The fourth-order valence-corrected chi connectivity index (χ4v) is 2.89. The lowest BCUT2D eigenvalue weighted by atomic mass is 10.00. The Hall–Kier alpha value is -3.68. The maximum absolute atomic E-state index is 11.1. The number of carbonyl (C=O) groups is 1. The number of methoxy groups -OCH3 is 1. The maximum atomic E-state index is 11.1. The Morgan fingerprint density at radius 2 is 1.97 bits per heavy atom. The molecular weight excluding hydrogens is 384 g/mol. The summed E-state index contributed by atoms with van der Waals surface area (Å²) < 4.78 is 12.4. The van der Waals surface area contributed by atoms with Crippen molar-refractivity contribution in [3.8, 4) is 11.5 Å². The summed E-state index contributed by atoms with van der Waals surface area (Å²) in [6, 6.07) is 13.5. The predicted molar refractivity (Wildman–Crippen MR) is 112 cm³/mol. The molecule has 0 spiro atoms. The third-order valence-electron chi connectivity index (χ3n) is 4.54. The normalized spacial score (nSPS) is 11.2. The Bertz CT molecular complexity index is 1030. The molecule has 1 heterocycles. The Balaban J connectivity index is 1.58. The van der Waals surface area contributed by atoms with Gasteiger partial charge in [0.05, 0.1) is 13.7 Å². The van der Waals surface area contributed by atoms with Gasteiger partial charge in [0.25, 0.3) is 5.82 Å². The standard InChI is InChI=1S/C22H24N4O4/c1-15(2)17-8-11-20(29-3)18(13-17)5-4-12-30-19-9-6-16(7-10-19)14-26-21(22(27)28)23-24-25-26/h4-11,13,15H,12,14H2,1-3H3,(H,27,28)/b5-4+. The quantitative estimate of drug-likeness (QED) is 0.577. The number of rotatable bonds is 9. The predicted octanol–water partition coefficient (Wildman–Crippen LogP) is 3.64. The van der Waals surface area contributed by atoms with E-state index in [1.807, 2.05) is 42.5 Å². The van der Waals surface area contributed by atoms with E-state index >= 15 is 0 Å². The van der Waals surface area contributed by atoms with Crippen molar-refractivity contribution >= 4 is 12.0 Å². The summed E-state index contributed by atoms with van der Waals surface area (Å²) in [5.74, 6) is 0.613. The lowest BCUT2D eigenvalue weighted by molar-refractivity contribution is 0.0677. The number of carboxylic acids is 1. The van der Waals surface area contributed by atoms with Crippen molar-refractivity contribution in [3.05, 3.63) is 71.1 Å². The van der Waals surface area contributed by atoms with Crippen LogP contribution in [0.2, 0.25) is 0 Å². The van der Waals surface area contributed by atoms with Crippen LogP contribution in [0.25, 0.3) is 6.08 Å². The molecular formula is C22H24N4O4. The molecule has 0 amide bonds. The van der Waals surface area contributed by atoms with Gasteiger partial charge in [-0.05, 0) is 57.8 Å². The van der Waals surface area contributed by atoms with E-state index in [9.17, 15) is 4.79 Å². The molecule has 156 valence electrons. The number of aromatic carboxylic acids is 1. The Labute approximate surface area is 174 Å². The summed E-state index contributed by atoms with van der Waals surface area (Å²) in [7, 11) is 1.66. The summed E-state index contributed by atoms with van der Waals surface area (Å²) in [5, 5.41) is 19.6. The minimum absolute atomic E-state index is 0.197. The molecule has 0 radical (unpaired) electrons. The minimum Gasteiger partial charge on any atom is -0.496 e. The molecule has 1 aromatic heterocycles. The maximum Gasteiger partial charge on any atom is 0.375 e. The summed E-state index contributed by atoms with van der Waals surface area (Å²) in [6.45, 7) is 4.99. The number of carboxylic acid groups (broad SMARTS) is 1. The van der Waals surface area contributed by atoms with Crippen LogP contribution >= 0.6 is 0 Å². The van der Waals surface area contributed by atoms with E-state index < -0.39 is 5.97 Å². The zero-order valence-electron chi connectivity index (χ0n) is 17.1. The number of benzene rings is 2.